The van der Waals surface area contributed by atoms with Gasteiger partial charge in [0.1, 0.15) is 6.61 Å². The third-order valence-electron chi connectivity index (χ3n) is 4.80. The molecule has 2 aliphatic carbocycles. The monoisotopic (exact) mass is 309 g/mol. The fraction of sp³-hybridized carbons (Fsp3) is 0.316. The third kappa shape index (κ3) is 2.59. The first-order valence-electron chi connectivity index (χ1n) is 8.00. The summed E-state index contributed by atoms with van der Waals surface area (Å²) in [6.45, 7) is 0.449. The average molecular weight is 309 g/mol. The highest BCUT2D eigenvalue weighted by Crippen LogP contribution is 2.44. The lowest BCUT2D eigenvalue weighted by atomic mass is 9.98. The highest BCUT2D eigenvalue weighted by atomic mass is 16.5. The second-order valence-corrected chi connectivity index (χ2v) is 6.25. The number of nitrogens with one attached hydrogen (secondary N) is 1. The summed E-state index contributed by atoms with van der Waals surface area (Å²) in [7, 11) is 0. The third-order valence-corrected chi connectivity index (χ3v) is 4.80. The molecule has 0 radical (unpaired) electrons. The topological polar surface area (TPSA) is 58.6 Å². The fourth-order valence-corrected chi connectivity index (χ4v) is 3.42. The van der Waals surface area contributed by atoms with Gasteiger partial charge in [-0.15, -0.1) is 0 Å². The largest absolute Gasteiger partial charge is 0.449 e. The first-order valence-corrected chi connectivity index (χ1v) is 8.00. The van der Waals surface area contributed by atoms with E-state index in [0.717, 1.165) is 6.42 Å². The summed E-state index contributed by atoms with van der Waals surface area (Å²) in [4.78, 5) is 11.9. The molecule has 118 valence electrons. The van der Waals surface area contributed by atoms with Crippen LogP contribution in [0.4, 0.5) is 4.79 Å². The maximum Gasteiger partial charge on any atom is 0.407 e. The van der Waals surface area contributed by atoms with E-state index in [2.05, 4.69) is 29.6 Å². The highest BCUT2D eigenvalue weighted by molar-refractivity contribution is 5.79. The van der Waals surface area contributed by atoms with Crippen LogP contribution in [0.15, 0.2) is 48.5 Å². The van der Waals surface area contributed by atoms with E-state index in [-0.39, 0.29) is 24.5 Å². The molecule has 2 N–H and O–H groups in total. The number of hydrogen-bond acceptors (Lipinski definition) is 3. The predicted octanol–water partition coefficient (Wildman–Crippen LogP) is 2.91. The van der Waals surface area contributed by atoms with E-state index in [1.54, 1.807) is 0 Å². The van der Waals surface area contributed by atoms with Crippen molar-refractivity contribution < 1.29 is 14.6 Å². The number of amides is 1. The van der Waals surface area contributed by atoms with E-state index >= 15 is 0 Å². The van der Waals surface area contributed by atoms with Gasteiger partial charge in [0.15, 0.2) is 0 Å². The molecule has 0 saturated heterocycles. The van der Waals surface area contributed by atoms with Crippen LogP contribution in [0.3, 0.4) is 0 Å². The number of benzene rings is 2. The van der Waals surface area contributed by atoms with Crippen molar-refractivity contribution >= 4 is 6.09 Å². The number of aliphatic hydroxyl groups excluding tert-OH is 1. The molecule has 0 bridgehead atoms. The van der Waals surface area contributed by atoms with Gasteiger partial charge < -0.3 is 15.2 Å². The van der Waals surface area contributed by atoms with Crippen molar-refractivity contribution in [2.75, 3.05) is 13.2 Å². The summed E-state index contributed by atoms with van der Waals surface area (Å²) in [5.41, 5.74) is 4.86. The van der Waals surface area contributed by atoms with Gasteiger partial charge in [-0.05, 0) is 28.7 Å². The summed E-state index contributed by atoms with van der Waals surface area (Å²) in [6.07, 6.45) is 0.438. The van der Waals surface area contributed by atoms with E-state index in [4.69, 9.17) is 9.84 Å². The minimum absolute atomic E-state index is 0.0654. The fourth-order valence-electron chi connectivity index (χ4n) is 3.42. The number of aliphatic hydroxyl groups is 1. The number of carbonyl (C=O) groups excluding carboxylic acids is 1. The molecule has 0 heterocycles. The van der Waals surface area contributed by atoms with Gasteiger partial charge in [-0.2, -0.15) is 0 Å². The van der Waals surface area contributed by atoms with Crippen molar-refractivity contribution in [2.45, 2.75) is 18.4 Å². The summed E-state index contributed by atoms with van der Waals surface area (Å²) in [6, 6.07) is 16.6. The zero-order chi connectivity index (χ0) is 15.8. The van der Waals surface area contributed by atoms with Gasteiger partial charge in [-0.1, -0.05) is 48.5 Å². The van der Waals surface area contributed by atoms with E-state index in [0.29, 0.717) is 6.61 Å². The van der Waals surface area contributed by atoms with Crippen LogP contribution < -0.4 is 5.32 Å². The lowest BCUT2D eigenvalue weighted by Gasteiger charge is -2.14. The highest BCUT2D eigenvalue weighted by Gasteiger charge is 2.38. The molecule has 0 aromatic heterocycles. The molecule has 2 atom stereocenters. The quantitative estimate of drug-likeness (QED) is 0.913. The molecule has 1 fully saturated rings. The molecule has 1 amide bonds. The van der Waals surface area contributed by atoms with E-state index in [9.17, 15) is 4.79 Å². The van der Waals surface area contributed by atoms with Crippen LogP contribution in [0.1, 0.15) is 23.5 Å². The van der Waals surface area contributed by atoms with Crippen LogP contribution >= 0.6 is 0 Å². The molecule has 4 rings (SSSR count). The average Bonchev–Trinajstić information content (AvgIpc) is 3.26. The summed E-state index contributed by atoms with van der Waals surface area (Å²) in [5, 5.41) is 11.8. The zero-order valence-electron chi connectivity index (χ0n) is 12.7. The normalized spacial score (nSPS) is 21.4. The van der Waals surface area contributed by atoms with Crippen molar-refractivity contribution in [3.05, 3.63) is 59.7 Å². The van der Waals surface area contributed by atoms with Crippen LogP contribution in [-0.2, 0) is 4.74 Å². The molecule has 23 heavy (non-hydrogen) atoms. The maximum absolute atomic E-state index is 11.9. The Hall–Kier alpha value is -2.33. The lowest BCUT2D eigenvalue weighted by molar-refractivity contribution is 0.141. The van der Waals surface area contributed by atoms with Gasteiger partial charge in [0.2, 0.25) is 0 Å². The molecule has 2 aromatic rings. The zero-order valence-corrected chi connectivity index (χ0v) is 12.7. The Morgan fingerprint density at radius 3 is 2.26 bits per heavy atom. The van der Waals surface area contributed by atoms with Crippen LogP contribution in [0, 0.1) is 5.92 Å². The second-order valence-electron chi connectivity index (χ2n) is 6.25. The Morgan fingerprint density at radius 2 is 1.70 bits per heavy atom. The molecular formula is C19H19NO3. The lowest BCUT2D eigenvalue weighted by Crippen LogP contribution is -2.29. The van der Waals surface area contributed by atoms with Crippen LogP contribution in [0.25, 0.3) is 11.1 Å². The Balaban J connectivity index is 1.47. The van der Waals surface area contributed by atoms with Gasteiger partial charge >= 0.3 is 6.09 Å². The number of rotatable bonds is 4. The summed E-state index contributed by atoms with van der Waals surface area (Å²) >= 11 is 0. The number of fused-ring (bicyclic) bond motifs is 3. The van der Waals surface area contributed by atoms with Crippen LogP contribution in [0.5, 0.6) is 0 Å². The molecule has 0 aliphatic heterocycles. The standard InChI is InChI=1S/C19H19NO3/c21-10-12-9-18(12)20-19(22)23-11-17-15-7-3-1-5-13(15)14-6-2-4-8-16(14)17/h1-8,12,17-18,21H,9-11H2,(H,20,22)/t12-,18-/m0/s1. The number of carbonyl (C=O) groups is 1. The number of alkyl carbamates (subject to hydrolysis) is 1. The Kier molecular flexibility index (Phi) is 3.54. The predicted molar refractivity (Wildman–Crippen MR) is 87.2 cm³/mol. The summed E-state index contributed by atoms with van der Waals surface area (Å²) < 4.78 is 5.45. The van der Waals surface area contributed by atoms with Crippen molar-refractivity contribution in [3.8, 4) is 11.1 Å². The van der Waals surface area contributed by atoms with Crippen LogP contribution in [0.2, 0.25) is 0 Å². The van der Waals surface area contributed by atoms with Crippen molar-refractivity contribution in [3.63, 3.8) is 0 Å². The van der Waals surface area contributed by atoms with E-state index < -0.39 is 6.09 Å². The first kappa shape index (κ1) is 14.3. The maximum atomic E-state index is 11.9. The smallest absolute Gasteiger partial charge is 0.407 e. The van der Waals surface area contributed by atoms with Crippen molar-refractivity contribution in [1.29, 1.82) is 0 Å². The van der Waals surface area contributed by atoms with E-state index in [1.165, 1.54) is 22.3 Å². The van der Waals surface area contributed by atoms with Crippen LogP contribution in [-0.4, -0.2) is 30.5 Å². The minimum atomic E-state index is -0.396. The van der Waals surface area contributed by atoms with Gasteiger partial charge in [-0.3, -0.25) is 0 Å². The van der Waals surface area contributed by atoms with Crippen molar-refractivity contribution in [2.24, 2.45) is 5.92 Å². The van der Waals surface area contributed by atoms with Crippen molar-refractivity contribution in [1.82, 2.24) is 5.32 Å². The van der Waals surface area contributed by atoms with Gasteiger partial charge in [0.25, 0.3) is 0 Å². The second kappa shape index (κ2) is 5.70. The Labute approximate surface area is 135 Å². The SMILES string of the molecule is O=C(N[C@H]1C[C@H]1CO)OCC1c2ccccc2-c2ccccc21. The molecule has 4 heteroatoms. The number of hydrogen-bond donors (Lipinski definition) is 2. The molecular weight excluding hydrogens is 290 g/mol. The van der Waals surface area contributed by atoms with Gasteiger partial charge in [-0.25, -0.2) is 4.79 Å². The molecule has 1 saturated carbocycles. The van der Waals surface area contributed by atoms with Gasteiger partial charge in [0, 0.05) is 24.5 Å². The summed E-state index contributed by atoms with van der Waals surface area (Å²) in [5.74, 6) is 0.275. The molecule has 2 aromatic carbocycles. The minimum Gasteiger partial charge on any atom is -0.449 e. The number of ether oxygens (including phenoxy) is 1. The molecule has 0 unspecified atom stereocenters. The molecule has 2 aliphatic rings. The first-order chi connectivity index (χ1) is 11.3. The Morgan fingerprint density at radius 1 is 1.09 bits per heavy atom. The van der Waals surface area contributed by atoms with Gasteiger partial charge in [0.05, 0.1) is 0 Å². The molecule has 4 nitrogen and oxygen atoms in total. The van der Waals surface area contributed by atoms with E-state index in [1.807, 2.05) is 24.3 Å². The Bertz CT molecular complexity index is 697. The molecule has 0 spiro atoms.